The number of esters is 2. The molecule has 10 atom stereocenters. The van der Waals surface area contributed by atoms with Crippen molar-refractivity contribution in [1.82, 2.24) is 0 Å². The predicted molar refractivity (Wildman–Crippen MR) is 253 cm³/mol. The number of aliphatic hydroxyl groups excluding tert-OH is 6. The van der Waals surface area contributed by atoms with Crippen LogP contribution in [0.2, 0.25) is 0 Å². The van der Waals surface area contributed by atoms with Gasteiger partial charge in [0.1, 0.15) is 43.2 Å². The van der Waals surface area contributed by atoms with Crippen LogP contribution in [0.25, 0.3) is 0 Å². The summed E-state index contributed by atoms with van der Waals surface area (Å²) in [5.74, 6) is -1.50. The largest absolute Gasteiger partial charge is 0.472 e. The standard InChI is InChI=1S/C47H78O18P2/c1-3-5-7-9-11-12-13-14-15-16-17-18-19-21-27-33-41(51)63-39(36-62-67(59,60)65-47-44(54)42(52)43(53)46(45(47)55)64-66(56,57)58)35-61-40(50)34-28-32-38(49)31-26-23-22-25-30-37(48)29-24-20-10-8-6-4-2/h11-12,14-15,17-18,20,22-26,30-31,37-39,42-49,52-55H,3-10,13,16,19,21,27-29,32-36H2,1-2H3,(H,59,60)(H2,56,57,58)/b12-11-,15-14-,18-17-,23-22+,24-20-,30-25+,31-26-/t37-,38-,39-,42?,43?,44?,45?,46-,47+/m1/s1. The fourth-order valence-electron chi connectivity index (χ4n) is 6.40. The first-order chi connectivity index (χ1) is 31.9. The van der Waals surface area contributed by atoms with Gasteiger partial charge in [0.25, 0.3) is 0 Å². The minimum absolute atomic E-state index is 0.0621. The van der Waals surface area contributed by atoms with Gasteiger partial charge in [0.2, 0.25) is 0 Å². The SMILES string of the molecule is CCCCC/C=C\C/C=C\C/C=C\CCCCC(=O)O[C@H](COC(=O)CCC[C@H](O)\C=C/C=C/C=C/[C@H](O)C/C=C\CCCCC)COP(=O)(O)O[C@H]1C(O)C(O)C(O)[C@@H](OP(=O)(O)O)C1O. The molecule has 0 amide bonds. The van der Waals surface area contributed by atoms with Crippen LogP contribution in [0.3, 0.4) is 0 Å². The summed E-state index contributed by atoms with van der Waals surface area (Å²) in [6.07, 6.45) is 23.1. The monoisotopic (exact) mass is 992 g/mol. The predicted octanol–water partition coefficient (Wildman–Crippen LogP) is 6.56. The summed E-state index contributed by atoms with van der Waals surface area (Å²) in [6, 6.07) is 0. The maximum Gasteiger partial charge on any atom is 0.472 e. The maximum atomic E-state index is 13.0. The molecule has 18 nitrogen and oxygen atoms in total. The quantitative estimate of drug-likeness (QED) is 0.0105. The molecule has 1 saturated carbocycles. The van der Waals surface area contributed by atoms with Gasteiger partial charge in [-0.1, -0.05) is 125 Å². The normalized spacial score (nSPS) is 23.1. The summed E-state index contributed by atoms with van der Waals surface area (Å²) in [7, 11) is -10.8. The smallest absolute Gasteiger partial charge is 0.462 e. The number of ether oxygens (including phenoxy) is 2. The van der Waals surface area contributed by atoms with E-state index >= 15 is 0 Å². The van der Waals surface area contributed by atoms with Gasteiger partial charge in [-0.05, 0) is 77.0 Å². The second-order valence-corrected chi connectivity index (χ2v) is 18.8. The molecule has 0 aliphatic heterocycles. The average Bonchev–Trinajstić information content (AvgIpc) is 3.27. The number of hydrogen-bond donors (Lipinski definition) is 9. The lowest BCUT2D eigenvalue weighted by Crippen LogP contribution is -2.64. The van der Waals surface area contributed by atoms with E-state index in [0.717, 1.165) is 38.5 Å². The van der Waals surface area contributed by atoms with Crippen LogP contribution in [0.5, 0.6) is 0 Å². The fourth-order valence-corrected chi connectivity index (χ4v) is 7.94. The molecule has 9 N–H and O–H groups in total. The Hall–Kier alpha value is -2.90. The van der Waals surface area contributed by atoms with Gasteiger partial charge in [-0.3, -0.25) is 23.2 Å². The molecule has 1 aliphatic carbocycles. The van der Waals surface area contributed by atoms with E-state index in [1.165, 1.54) is 31.8 Å². The van der Waals surface area contributed by atoms with Gasteiger partial charge in [-0.2, -0.15) is 0 Å². The van der Waals surface area contributed by atoms with Crippen molar-refractivity contribution in [1.29, 1.82) is 0 Å². The van der Waals surface area contributed by atoms with Crippen LogP contribution >= 0.6 is 15.6 Å². The molecular weight excluding hydrogens is 914 g/mol. The summed E-state index contributed by atoms with van der Waals surface area (Å²) < 4.78 is 49.1. The molecule has 5 unspecified atom stereocenters. The molecule has 0 radical (unpaired) electrons. The van der Waals surface area contributed by atoms with Crippen LogP contribution in [-0.2, 0) is 41.8 Å². The van der Waals surface area contributed by atoms with Gasteiger partial charge in [-0.15, -0.1) is 0 Å². The zero-order valence-corrected chi connectivity index (χ0v) is 40.8. The fraction of sp³-hybridized carbons (Fsp3) is 0.660. The van der Waals surface area contributed by atoms with Crippen LogP contribution in [0.4, 0.5) is 0 Å². The third-order valence-electron chi connectivity index (χ3n) is 10.1. The number of phosphoric ester groups is 2. The Labute approximate surface area is 396 Å². The second-order valence-electron chi connectivity index (χ2n) is 16.2. The number of hydrogen-bond acceptors (Lipinski definition) is 15. The number of phosphoric acid groups is 2. The average molecular weight is 993 g/mol. The van der Waals surface area contributed by atoms with Crippen molar-refractivity contribution >= 4 is 27.6 Å². The highest BCUT2D eigenvalue weighted by Gasteiger charge is 2.54. The molecule has 0 aromatic heterocycles. The highest BCUT2D eigenvalue weighted by molar-refractivity contribution is 7.47. The highest BCUT2D eigenvalue weighted by Crippen LogP contribution is 2.49. The van der Waals surface area contributed by atoms with Crippen molar-refractivity contribution in [3.63, 3.8) is 0 Å². The van der Waals surface area contributed by atoms with Gasteiger partial charge in [-0.25, -0.2) is 9.13 Å². The van der Waals surface area contributed by atoms with Gasteiger partial charge in [0.05, 0.1) is 18.8 Å². The van der Waals surface area contributed by atoms with Crippen LogP contribution < -0.4 is 0 Å². The molecule has 384 valence electrons. The van der Waals surface area contributed by atoms with E-state index in [1.54, 1.807) is 30.4 Å². The Balaban J connectivity index is 2.75. The maximum absolute atomic E-state index is 13.0. The summed E-state index contributed by atoms with van der Waals surface area (Å²) in [6.45, 7) is 2.76. The number of aliphatic hydroxyl groups is 6. The molecule has 0 aromatic rings. The van der Waals surface area contributed by atoms with Gasteiger partial charge in [0, 0.05) is 12.8 Å². The summed E-state index contributed by atoms with van der Waals surface area (Å²) in [5, 5.41) is 61.6. The number of carbonyl (C=O) groups is 2. The summed E-state index contributed by atoms with van der Waals surface area (Å²) >= 11 is 0. The Morgan fingerprint density at radius 3 is 1.64 bits per heavy atom. The van der Waals surface area contributed by atoms with E-state index in [2.05, 4.69) is 48.8 Å². The number of allylic oxidation sites excluding steroid dienone is 11. The van der Waals surface area contributed by atoms with Gasteiger partial charge < -0.3 is 54.8 Å². The van der Waals surface area contributed by atoms with E-state index in [-0.39, 0.29) is 25.7 Å². The zero-order valence-electron chi connectivity index (χ0n) is 39.0. The molecule has 0 bridgehead atoms. The third kappa shape index (κ3) is 31.8. The van der Waals surface area contributed by atoms with Gasteiger partial charge >= 0.3 is 27.6 Å². The minimum atomic E-state index is -5.40. The zero-order chi connectivity index (χ0) is 49.9. The summed E-state index contributed by atoms with van der Waals surface area (Å²) in [4.78, 5) is 54.2. The first-order valence-corrected chi connectivity index (χ1v) is 26.4. The molecule has 0 aromatic carbocycles. The van der Waals surface area contributed by atoms with Crippen molar-refractivity contribution in [2.45, 2.75) is 184 Å². The van der Waals surface area contributed by atoms with Crippen LogP contribution in [0.15, 0.2) is 85.1 Å². The lowest BCUT2D eigenvalue weighted by atomic mass is 9.85. The lowest BCUT2D eigenvalue weighted by Gasteiger charge is -2.43. The summed E-state index contributed by atoms with van der Waals surface area (Å²) in [5.41, 5.74) is 0. The second kappa shape index (κ2) is 37.0. The Kier molecular flexibility index (Phi) is 34.3. The first kappa shape index (κ1) is 62.1. The van der Waals surface area contributed by atoms with Crippen molar-refractivity contribution in [3.05, 3.63) is 85.1 Å². The molecule has 20 heteroatoms. The Morgan fingerprint density at radius 2 is 1.07 bits per heavy atom. The van der Waals surface area contributed by atoms with Crippen molar-refractivity contribution in [2.75, 3.05) is 13.2 Å². The van der Waals surface area contributed by atoms with E-state index in [9.17, 15) is 54.3 Å². The molecule has 0 saturated heterocycles. The molecule has 67 heavy (non-hydrogen) atoms. The Bertz CT molecular complexity index is 1660. The van der Waals surface area contributed by atoms with Crippen molar-refractivity contribution in [3.8, 4) is 0 Å². The molecule has 1 rings (SSSR count). The molecule has 1 fully saturated rings. The molecule has 0 heterocycles. The van der Waals surface area contributed by atoms with E-state index in [0.29, 0.717) is 25.7 Å². The van der Waals surface area contributed by atoms with E-state index < -0.39 is 95.7 Å². The molecular formula is C47H78O18P2. The highest BCUT2D eigenvalue weighted by atomic mass is 31.2. The first-order valence-electron chi connectivity index (χ1n) is 23.3. The van der Waals surface area contributed by atoms with Crippen molar-refractivity contribution in [2.24, 2.45) is 0 Å². The van der Waals surface area contributed by atoms with Crippen LogP contribution in [-0.4, -0.2) is 125 Å². The molecule has 1 aliphatic rings. The lowest BCUT2D eigenvalue weighted by molar-refractivity contribution is -0.216. The van der Waals surface area contributed by atoms with Crippen LogP contribution in [0.1, 0.15) is 129 Å². The van der Waals surface area contributed by atoms with Crippen LogP contribution in [0, 0.1) is 0 Å². The van der Waals surface area contributed by atoms with E-state index in [4.69, 9.17) is 28.3 Å². The Morgan fingerprint density at radius 1 is 0.567 bits per heavy atom. The number of rotatable bonds is 37. The number of unbranched alkanes of at least 4 members (excludes halogenated alkanes) is 8. The van der Waals surface area contributed by atoms with Gasteiger partial charge in [0.15, 0.2) is 6.10 Å². The van der Waals surface area contributed by atoms with E-state index in [1.807, 2.05) is 18.2 Å². The van der Waals surface area contributed by atoms with Crippen molar-refractivity contribution < 1.29 is 87.1 Å². The minimum Gasteiger partial charge on any atom is -0.462 e. The topological polar surface area (TPSA) is 296 Å². The third-order valence-corrected chi connectivity index (χ3v) is 11.6. The number of carbonyl (C=O) groups excluding carboxylic acids is 2. The molecule has 0 spiro atoms.